The highest BCUT2D eigenvalue weighted by Gasteiger charge is 2.14. The first-order valence-electron chi connectivity index (χ1n) is 7.02. The molecule has 0 spiro atoms. The largest absolute Gasteiger partial charge is 0.326 e. The third kappa shape index (κ3) is 2.63. The van der Waals surface area contributed by atoms with Crippen molar-refractivity contribution in [2.75, 3.05) is 19.6 Å². The zero-order valence-corrected chi connectivity index (χ0v) is 12.2. The minimum absolute atomic E-state index is 0.480. The van der Waals surface area contributed by atoms with Gasteiger partial charge in [-0.2, -0.15) is 0 Å². The summed E-state index contributed by atoms with van der Waals surface area (Å²) in [5.74, 6) is 1.47. The van der Waals surface area contributed by atoms with Crippen molar-refractivity contribution in [2.45, 2.75) is 32.2 Å². The number of benzene rings is 1. The van der Waals surface area contributed by atoms with Crippen molar-refractivity contribution in [1.29, 1.82) is 0 Å². The van der Waals surface area contributed by atoms with Gasteiger partial charge in [-0.05, 0) is 50.6 Å². The number of alkyl halides is 1. The van der Waals surface area contributed by atoms with E-state index >= 15 is 0 Å². The Morgan fingerprint density at radius 1 is 1.21 bits per heavy atom. The molecule has 0 N–H and O–H groups in total. The fraction of sp³-hybridized carbons (Fsp3) is 0.533. The van der Waals surface area contributed by atoms with Gasteiger partial charge in [-0.3, -0.25) is 0 Å². The molecule has 0 atom stereocenters. The molecule has 0 amide bonds. The molecule has 1 fully saturated rings. The summed E-state index contributed by atoms with van der Waals surface area (Å²) in [4.78, 5) is 7.16. The van der Waals surface area contributed by atoms with Crippen LogP contribution in [0.5, 0.6) is 0 Å². The Morgan fingerprint density at radius 2 is 2.00 bits per heavy atom. The molecule has 1 aromatic carbocycles. The summed E-state index contributed by atoms with van der Waals surface area (Å²) in [6.45, 7) is 6.69. The number of hydrogen-bond donors (Lipinski definition) is 0. The molecule has 0 unspecified atom stereocenters. The number of aryl methyl sites for hydroxylation is 1. The second-order valence-electron chi connectivity index (χ2n) is 5.35. The van der Waals surface area contributed by atoms with Crippen molar-refractivity contribution >= 4 is 22.6 Å². The predicted molar refractivity (Wildman–Crippen MR) is 79.7 cm³/mol. The maximum atomic E-state index is 6.04. The van der Waals surface area contributed by atoms with Crippen molar-refractivity contribution in [3.63, 3.8) is 0 Å². The maximum Gasteiger partial charge on any atom is 0.124 e. The molecule has 4 heteroatoms. The molecule has 0 aliphatic carbocycles. The van der Waals surface area contributed by atoms with Gasteiger partial charge < -0.3 is 9.47 Å². The molecule has 2 aromatic rings. The molecule has 1 aliphatic rings. The van der Waals surface area contributed by atoms with Crippen LogP contribution in [0, 0.1) is 6.92 Å². The Morgan fingerprint density at radius 3 is 2.74 bits per heavy atom. The zero-order chi connectivity index (χ0) is 13.2. The zero-order valence-electron chi connectivity index (χ0n) is 11.4. The van der Waals surface area contributed by atoms with Gasteiger partial charge in [0.15, 0.2) is 0 Å². The Balaban J connectivity index is 1.88. The highest BCUT2D eigenvalue weighted by atomic mass is 35.5. The second-order valence-corrected chi connectivity index (χ2v) is 5.62. The van der Waals surface area contributed by atoms with Crippen LogP contribution >= 0.6 is 11.6 Å². The van der Waals surface area contributed by atoms with E-state index in [1.165, 1.54) is 37.0 Å². The molecule has 1 aliphatic heterocycles. The van der Waals surface area contributed by atoms with Gasteiger partial charge in [0.1, 0.15) is 5.82 Å². The molecule has 0 radical (unpaired) electrons. The smallest absolute Gasteiger partial charge is 0.124 e. The van der Waals surface area contributed by atoms with Crippen LogP contribution in [0.2, 0.25) is 0 Å². The fourth-order valence-electron chi connectivity index (χ4n) is 2.88. The van der Waals surface area contributed by atoms with Crippen LogP contribution in [0.3, 0.4) is 0 Å². The van der Waals surface area contributed by atoms with Crippen molar-refractivity contribution in [3.05, 3.63) is 29.6 Å². The molecule has 3 nitrogen and oxygen atoms in total. The molecule has 102 valence electrons. The first-order chi connectivity index (χ1) is 9.28. The summed E-state index contributed by atoms with van der Waals surface area (Å²) in [6, 6.07) is 6.41. The average Bonchev–Trinajstić information content (AvgIpc) is 3.03. The van der Waals surface area contributed by atoms with Gasteiger partial charge in [-0.25, -0.2) is 4.98 Å². The van der Waals surface area contributed by atoms with Crippen molar-refractivity contribution < 1.29 is 0 Å². The second kappa shape index (κ2) is 5.51. The molecule has 1 saturated heterocycles. The van der Waals surface area contributed by atoms with Crippen LogP contribution in [0.4, 0.5) is 0 Å². The minimum Gasteiger partial charge on any atom is -0.326 e. The average molecular weight is 278 g/mol. The molecular weight excluding hydrogens is 258 g/mol. The summed E-state index contributed by atoms with van der Waals surface area (Å²) < 4.78 is 2.29. The fourth-order valence-corrected chi connectivity index (χ4v) is 3.09. The normalized spacial score (nSPS) is 16.5. The van der Waals surface area contributed by atoms with E-state index in [0.29, 0.717) is 5.88 Å². The standard InChI is InChI=1S/C15H20ClN3/c1-12-4-5-13-14(10-12)19(15(11-16)17-13)9-8-18-6-2-3-7-18/h4-5,10H,2-3,6-9,11H2,1H3. The topological polar surface area (TPSA) is 21.1 Å². The lowest BCUT2D eigenvalue weighted by molar-refractivity contribution is 0.323. The highest BCUT2D eigenvalue weighted by molar-refractivity contribution is 6.16. The Kier molecular flexibility index (Phi) is 3.76. The van der Waals surface area contributed by atoms with E-state index in [0.717, 1.165) is 24.4 Å². The predicted octanol–water partition coefficient (Wildman–Crippen LogP) is 3.18. The first-order valence-corrected chi connectivity index (χ1v) is 7.55. The van der Waals surface area contributed by atoms with Gasteiger partial charge in [0.2, 0.25) is 0 Å². The van der Waals surface area contributed by atoms with Gasteiger partial charge in [0.05, 0.1) is 16.9 Å². The molecule has 3 rings (SSSR count). The molecule has 19 heavy (non-hydrogen) atoms. The lowest BCUT2D eigenvalue weighted by Gasteiger charge is -2.16. The maximum absolute atomic E-state index is 6.04. The molecule has 2 heterocycles. The van der Waals surface area contributed by atoms with Crippen LogP contribution in [0.15, 0.2) is 18.2 Å². The molecule has 0 saturated carbocycles. The van der Waals surface area contributed by atoms with E-state index in [9.17, 15) is 0 Å². The molecule has 1 aromatic heterocycles. The summed E-state index contributed by atoms with van der Waals surface area (Å²) in [5.41, 5.74) is 3.55. The van der Waals surface area contributed by atoms with Gasteiger partial charge >= 0.3 is 0 Å². The summed E-state index contributed by atoms with van der Waals surface area (Å²) in [7, 11) is 0. The molecular formula is C15H20ClN3. The van der Waals surface area contributed by atoms with Crippen molar-refractivity contribution in [2.24, 2.45) is 0 Å². The van der Waals surface area contributed by atoms with Gasteiger partial charge in [0, 0.05) is 13.1 Å². The molecule has 0 bridgehead atoms. The first kappa shape index (κ1) is 12.9. The van der Waals surface area contributed by atoms with E-state index in [2.05, 4.69) is 39.6 Å². The van der Waals surface area contributed by atoms with Crippen molar-refractivity contribution in [3.8, 4) is 0 Å². The van der Waals surface area contributed by atoms with Gasteiger partial charge in [-0.1, -0.05) is 6.07 Å². The van der Waals surface area contributed by atoms with Crippen molar-refractivity contribution in [1.82, 2.24) is 14.5 Å². The summed E-state index contributed by atoms with van der Waals surface area (Å²) in [6.07, 6.45) is 2.68. The van der Waals surface area contributed by atoms with Crippen LogP contribution in [-0.2, 0) is 12.4 Å². The van der Waals surface area contributed by atoms with Crippen LogP contribution in [-0.4, -0.2) is 34.1 Å². The van der Waals surface area contributed by atoms with E-state index < -0.39 is 0 Å². The Labute approximate surface area is 119 Å². The number of likely N-dealkylation sites (tertiary alicyclic amines) is 1. The van der Waals surface area contributed by atoms with Gasteiger partial charge in [0.25, 0.3) is 0 Å². The number of hydrogen-bond acceptors (Lipinski definition) is 2. The Bertz CT molecular complexity index is 570. The van der Waals surface area contributed by atoms with Crippen LogP contribution in [0.25, 0.3) is 11.0 Å². The minimum atomic E-state index is 0.480. The lowest BCUT2D eigenvalue weighted by atomic mass is 10.2. The van der Waals surface area contributed by atoms with E-state index in [1.807, 2.05) is 0 Å². The number of nitrogens with zero attached hydrogens (tertiary/aromatic N) is 3. The summed E-state index contributed by atoms with van der Waals surface area (Å²) in [5, 5.41) is 0. The van der Waals surface area contributed by atoms with E-state index in [1.54, 1.807) is 0 Å². The van der Waals surface area contributed by atoms with Crippen LogP contribution in [0.1, 0.15) is 24.2 Å². The monoisotopic (exact) mass is 277 g/mol. The SMILES string of the molecule is Cc1ccc2nc(CCl)n(CCN3CCCC3)c2c1. The Hall–Kier alpha value is -1.06. The third-order valence-corrected chi connectivity index (χ3v) is 4.18. The lowest BCUT2D eigenvalue weighted by Crippen LogP contribution is -2.24. The number of aromatic nitrogens is 2. The highest BCUT2D eigenvalue weighted by Crippen LogP contribution is 2.19. The summed E-state index contributed by atoms with van der Waals surface area (Å²) >= 11 is 6.04. The van der Waals surface area contributed by atoms with Gasteiger partial charge in [-0.15, -0.1) is 11.6 Å². The number of halogens is 1. The van der Waals surface area contributed by atoms with E-state index in [4.69, 9.17) is 11.6 Å². The number of imidazole rings is 1. The number of fused-ring (bicyclic) bond motifs is 1. The quantitative estimate of drug-likeness (QED) is 0.801. The van der Waals surface area contributed by atoms with Crippen LogP contribution < -0.4 is 0 Å². The number of rotatable bonds is 4. The van der Waals surface area contributed by atoms with E-state index in [-0.39, 0.29) is 0 Å². The third-order valence-electron chi connectivity index (χ3n) is 3.94.